The largest absolute Gasteiger partial charge is 0.493 e. The summed E-state index contributed by atoms with van der Waals surface area (Å²) < 4.78 is 17.0. The molecule has 1 aliphatic rings. The number of nitrogens with one attached hydrogen (secondary N) is 1. The lowest BCUT2D eigenvalue weighted by molar-refractivity contribution is 0.0648. The molecule has 6 heteroatoms. The molecule has 0 spiro atoms. The zero-order chi connectivity index (χ0) is 21.8. The molecule has 3 aromatic carbocycles. The van der Waals surface area contributed by atoms with Crippen LogP contribution in [0.25, 0.3) is 0 Å². The minimum Gasteiger partial charge on any atom is -0.493 e. The van der Waals surface area contributed by atoms with E-state index < -0.39 is 6.17 Å². The van der Waals surface area contributed by atoms with Gasteiger partial charge >= 0.3 is 0 Å². The van der Waals surface area contributed by atoms with Crippen molar-refractivity contribution in [3.05, 3.63) is 83.4 Å². The van der Waals surface area contributed by atoms with Gasteiger partial charge in [0.15, 0.2) is 11.5 Å². The first kappa shape index (κ1) is 20.6. The van der Waals surface area contributed by atoms with Crippen molar-refractivity contribution < 1.29 is 19.0 Å². The van der Waals surface area contributed by atoms with Crippen molar-refractivity contribution in [2.75, 3.05) is 32.7 Å². The molecule has 0 aliphatic carbocycles. The zero-order valence-electron chi connectivity index (χ0n) is 17.9. The number of benzene rings is 3. The molecule has 6 nitrogen and oxygen atoms in total. The lowest BCUT2D eigenvalue weighted by atomic mass is 10.0. The number of ether oxygens (including phenoxy) is 3. The molecule has 4 rings (SSSR count). The van der Waals surface area contributed by atoms with Crippen LogP contribution in [0.4, 0.5) is 5.69 Å². The Bertz CT molecular complexity index is 1070. The van der Waals surface area contributed by atoms with Gasteiger partial charge in [0, 0.05) is 11.3 Å². The van der Waals surface area contributed by atoms with E-state index in [9.17, 15) is 4.79 Å². The molecular formula is C25H26N2O4. The van der Waals surface area contributed by atoms with Gasteiger partial charge in [-0.3, -0.25) is 4.79 Å². The predicted molar refractivity (Wildman–Crippen MR) is 120 cm³/mol. The molecule has 1 heterocycles. The van der Waals surface area contributed by atoms with E-state index in [2.05, 4.69) is 5.32 Å². The third kappa shape index (κ3) is 4.14. The molecule has 3 aromatic rings. The number of methoxy groups -OCH3 is 2. The number of fused-ring (bicyclic) bond motifs is 1. The van der Waals surface area contributed by atoms with Crippen molar-refractivity contribution >= 4 is 11.6 Å². The van der Waals surface area contributed by atoms with E-state index in [0.717, 1.165) is 17.0 Å². The van der Waals surface area contributed by atoms with Gasteiger partial charge in [0.1, 0.15) is 18.5 Å². The van der Waals surface area contributed by atoms with Crippen molar-refractivity contribution in [3.8, 4) is 17.2 Å². The monoisotopic (exact) mass is 418 g/mol. The summed E-state index contributed by atoms with van der Waals surface area (Å²) in [6, 6.07) is 21.1. The zero-order valence-corrected chi connectivity index (χ0v) is 17.9. The fourth-order valence-electron chi connectivity index (χ4n) is 3.79. The van der Waals surface area contributed by atoms with Crippen molar-refractivity contribution in [1.82, 2.24) is 4.90 Å². The van der Waals surface area contributed by atoms with Crippen molar-refractivity contribution in [2.24, 2.45) is 0 Å². The van der Waals surface area contributed by atoms with Crippen molar-refractivity contribution in [2.45, 2.75) is 13.1 Å². The number of carbonyl (C=O) groups excluding carboxylic acids is 1. The van der Waals surface area contributed by atoms with Crippen LogP contribution in [0.1, 0.15) is 27.7 Å². The van der Waals surface area contributed by atoms with Crippen LogP contribution >= 0.6 is 0 Å². The molecule has 0 fully saturated rings. The lowest BCUT2D eigenvalue weighted by Crippen LogP contribution is -2.45. The summed E-state index contributed by atoms with van der Waals surface area (Å²) in [5, 5.41) is 3.49. The Balaban J connectivity index is 1.64. The fourth-order valence-corrected chi connectivity index (χ4v) is 3.79. The third-order valence-corrected chi connectivity index (χ3v) is 5.37. The normalized spacial score (nSPS) is 15.1. The van der Waals surface area contributed by atoms with Gasteiger partial charge < -0.3 is 24.4 Å². The van der Waals surface area contributed by atoms with E-state index in [-0.39, 0.29) is 5.91 Å². The number of nitrogens with zero attached hydrogens (tertiary/aromatic N) is 1. The highest BCUT2D eigenvalue weighted by atomic mass is 16.5. The minimum absolute atomic E-state index is 0.0586. The van der Waals surface area contributed by atoms with E-state index in [1.807, 2.05) is 73.7 Å². The molecule has 1 atom stereocenters. The number of carbonyl (C=O) groups is 1. The summed E-state index contributed by atoms with van der Waals surface area (Å²) in [7, 11) is 3.20. The highest BCUT2D eigenvalue weighted by Crippen LogP contribution is 2.40. The number of anilines is 1. The summed E-state index contributed by atoms with van der Waals surface area (Å²) in [4.78, 5) is 15.2. The predicted octanol–water partition coefficient (Wildman–Crippen LogP) is 4.66. The molecule has 0 bridgehead atoms. The molecule has 0 saturated heterocycles. The van der Waals surface area contributed by atoms with E-state index in [1.165, 1.54) is 5.56 Å². The highest BCUT2D eigenvalue weighted by Gasteiger charge is 2.34. The fraction of sp³-hybridized carbons (Fsp3) is 0.240. The molecule has 1 unspecified atom stereocenters. The van der Waals surface area contributed by atoms with E-state index in [4.69, 9.17) is 14.2 Å². The van der Waals surface area contributed by atoms with Gasteiger partial charge in [0.05, 0.1) is 26.3 Å². The Labute approximate surface area is 182 Å². The molecule has 160 valence electrons. The maximum atomic E-state index is 13.4. The summed E-state index contributed by atoms with van der Waals surface area (Å²) in [5.41, 5.74) is 3.42. The van der Waals surface area contributed by atoms with E-state index in [0.29, 0.717) is 30.2 Å². The van der Waals surface area contributed by atoms with Gasteiger partial charge in [0.25, 0.3) is 5.91 Å². The van der Waals surface area contributed by atoms with Gasteiger partial charge in [-0.25, -0.2) is 0 Å². The average molecular weight is 418 g/mol. The number of rotatable bonds is 7. The second-order valence-corrected chi connectivity index (χ2v) is 7.34. The van der Waals surface area contributed by atoms with Gasteiger partial charge in [-0.1, -0.05) is 42.0 Å². The van der Waals surface area contributed by atoms with Crippen LogP contribution < -0.4 is 19.5 Å². The maximum absolute atomic E-state index is 13.4. The molecule has 31 heavy (non-hydrogen) atoms. The smallest absolute Gasteiger partial charge is 0.257 e. The third-order valence-electron chi connectivity index (χ3n) is 5.37. The number of hydrogen-bond donors (Lipinski definition) is 1. The topological polar surface area (TPSA) is 60.0 Å². The Morgan fingerprint density at radius 2 is 1.71 bits per heavy atom. The molecule has 0 radical (unpaired) electrons. The van der Waals surface area contributed by atoms with Gasteiger partial charge in [-0.05, 0) is 37.3 Å². The van der Waals surface area contributed by atoms with Gasteiger partial charge in [-0.15, -0.1) is 0 Å². The first-order chi connectivity index (χ1) is 15.1. The summed E-state index contributed by atoms with van der Waals surface area (Å²) in [6.45, 7) is 2.80. The lowest BCUT2D eigenvalue weighted by Gasteiger charge is -2.38. The van der Waals surface area contributed by atoms with Crippen LogP contribution in [0.5, 0.6) is 17.2 Å². The molecule has 1 N–H and O–H groups in total. The van der Waals surface area contributed by atoms with Crippen molar-refractivity contribution in [3.63, 3.8) is 0 Å². The molecule has 1 aliphatic heterocycles. The Kier molecular flexibility index (Phi) is 5.98. The second kappa shape index (κ2) is 9.00. The standard InChI is InChI=1S/C25H26N2O4/c1-17-11-13-18(14-12-17)31-16-15-27-24(20-8-6-10-22(29-2)23(20)30-3)26-21-9-5-4-7-19(21)25(27)28/h4-14,24,26H,15-16H2,1-3H3. The molecule has 0 aromatic heterocycles. The Morgan fingerprint density at radius 3 is 2.45 bits per heavy atom. The van der Waals surface area contributed by atoms with Crippen LogP contribution in [0.2, 0.25) is 0 Å². The van der Waals surface area contributed by atoms with Crippen LogP contribution in [-0.2, 0) is 0 Å². The van der Waals surface area contributed by atoms with Crippen molar-refractivity contribution in [1.29, 1.82) is 0 Å². The summed E-state index contributed by atoms with van der Waals surface area (Å²) in [6.07, 6.45) is -0.422. The average Bonchev–Trinajstić information content (AvgIpc) is 2.81. The first-order valence-electron chi connectivity index (χ1n) is 10.2. The van der Waals surface area contributed by atoms with Gasteiger partial charge in [-0.2, -0.15) is 0 Å². The van der Waals surface area contributed by atoms with Crippen LogP contribution in [0, 0.1) is 6.92 Å². The number of amides is 1. The second-order valence-electron chi connectivity index (χ2n) is 7.34. The molecule has 1 amide bonds. The van der Waals surface area contributed by atoms with Crippen LogP contribution in [0.3, 0.4) is 0 Å². The van der Waals surface area contributed by atoms with E-state index >= 15 is 0 Å². The maximum Gasteiger partial charge on any atom is 0.257 e. The van der Waals surface area contributed by atoms with Crippen LogP contribution in [0.15, 0.2) is 66.7 Å². The number of aryl methyl sites for hydroxylation is 1. The summed E-state index contributed by atoms with van der Waals surface area (Å²) in [5.74, 6) is 1.93. The molecular weight excluding hydrogens is 392 g/mol. The van der Waals surface area contributed by atoms with Gasteiger partial charge in [0.2, 0.25) is 0 Å². The van der Waals surface area contributed by atoms with Crippen LogP contribution in [-0.4, -0.2) is 38.2 Å². The SMILES string of the molecule is COc1cccc(C2Nc3ccccc3C(=O)N2CCOc2ccc(C)cc2)c1OC. The quantitative estimate of drug-likeness (QED) is 0.605. The Hall–Kier alpha value is -3.67. The first-order valence-corrected chi connectivity index (χ1v) is 10.2. The number of hydrogen-bond acceptors (Lipinski definition) is 5. The Morgan fingerprint density at radius 1 is 0.935 bits per heavy atom. The van der Waals surface area contributed by atoms with E-state index in [1.54, 1.807) is 19.1 Å². The summed E-state index contributed by atoms with van der Waals surface area (Å²) >= 11 is 0. The molecule has 0 saturated carbocycles. The minimum atomic E-state index is -0.422. The highest BCUT2D eigenvalue weighted by molar-refractivity contribution is 6.01. The number of para-hydroxylation sites is 2.